The van der Waals surface area contributed by atoms with Crippen molar-refractivity contribution < 1.29 is 9.53 Å². The van der Waals surface area contributed by atoms with Crippen molar-refractivity contribution in [3.05, 3.63) is 17.8 Å². The molecule has 29 heavy (non-hydrogen) atoms. The van der Waals surface area contributed by atoms with E-state index in [-0.39, 0.29) is 6.09 Å². The maximum atomic E-state index is 12.3. The fraction of sp³-hybridized carbons (Fsp3) is 0.727. The van der Waals surface area contributed by atoms with Crippen LogP contribution < -0.4 is 10.6 Å². The summed E-state index contributed by atoms with van der Waals surface area (Å²) >= 11 is 0. The number of piperidine rings is 1. The molecule has 2 aliphatic heterocycles. The average molecular weight is 404 g/mol. The molecule has 1 aromatic rings. The molecular weight excluding hydrogens is 366 g/mol. The third-order valence-corrected chi connectivity index (χ3v) is 5.96. The molecule has 2 N–H and O–H groups in total. The Labute approximate surface area is 175 Å². The lowest BCUT2D eigenvalue weighted by atomic mass is 9.98. The van der Waals surface area contributed by atoms with Gasteiger partial charge in [0.2, 0.25) is 0 Å². The van der Waals surface area contributed by atoms with Gasteiger partial charge in [-0.05, 0) is 58.6 Å². The van der Waals surface area contributed by atoms with Crippen molar-refractivity contribution in [3.8, 4) is 0 Å². The van der Waals surface area contributed by atoms with Crippen molar-refractivity contribution in [3.63, 3.8) is 0 Å². The van der Waals surface area contributed by atoms with Crippen LogP contribution in [0, 0.1) is 6.92 Å². The van der Waals surface area contributed by atoms with Gasteiger partial charge in [-0.1, -0.05) is 6.92 Å². The van der Waals surface area contributed by atoms with Crippen LogP contribution in [0.4, 0.5) is 16.3 Å². The van der Waals surface area contributed by atoms with Crippen LogP contribution in [0.15, 0.2) is 12.3 Å². The molecule has 7 heteroatoms. The largest absolute Gasteiger partial charge is 0.444 e. The van der Waals surface area contributed by atoms with Gasteiger partial charge in [-0.3, -0.25) is 4.90 Å². The number of piperazine rings is 1. The number of pyridine rings is 1. The second-order valence-electron chi connectivity index (χ2n) is 9.35. The Morgan fingerprint density at radius 2 is 1.93 bits per heavy atom. The summed E-state index contributed by atoms with van der Waals surface area (Å²) in [7, 11) is 0. The molecule has 1 amide bonds. The van der Waals surface area contributed by atoms with E-state index >= 15 is 0 Å². The summed E-state index contributed by atoms with van der Waals surface area (Å²) in [6.45, 7) is 14.6. The van der Waals surface area contributed by atoms with Crippen LogP contribution in [0.25, 0.3) is 0 Å². The second-order valence-corrected chi connectivity index (χ2v) is 9.35. The standard InChI is InChI=1S/C22H37N5O2/c1-6-18-15-26(20-16(2)13-17(23)14-24-20)11-12-27(18)19-7-9-25(10-8-19)21(28)29-22(3,4)5/h13-14,18-19H,6-12,15,23H2,1-5H3. The molecule has 2 saturated heterocycles. The molecule has 7 nitrogen and oxygen atoms in total. The normalized spacial score (nSPS) is 22.0. The lowest BCUT2D eigenvalue weighted by Crippen LogP contribution is -2.59. The Hall–Kier alpha value is -2.02. The fourth-order valence-corrected chi connectivity index (χ4v) is 4.53. The minimum atomic E-state index is -0.439. The van der Waals surface area contributed by atoms with Gasteiger partial charge in [-0.2, -0.15) is 0 Å². The van der Waals surface area contributed by atoms with E-state index in [9.17, 15) is 4.79 Å². The number of carbonyl (C=O) groups is 1. The van der Waals surface area contributed by atoms with Crippen LogP contribution in [-0.4, -0.2) is 71.3 Å². The lowest BCUT2D eigenvalue weighted by molar-refractivity contribution is 0.00944. The number of nitrogens with two attached hydrogens (primary N) is 1. The summed E-state index contributed by atoms with van der Waals surface area (Å²) in [6, 6.07) is 3.03. The van der Waals surface area contributed by atoms with Crippen LogP contribution in [0.5, 0.6) is 0 Å². The van der Waals surface area contributed by atoms with Gasteiger partial charge in [0.05, 0.1) is 11.9 Å². The zero-order chi connectivity index (χ0) is 21.2. The van der Waals surface area contributed by atoms with E-state index in [1.165, 1.54) is 0 Å². The number of rotatable bonds is 3. The van der Waals surface area contributed by atoms with Crippen molar-refractivity contribution in [1.82, 2.24) is 14.8 Å². The number of likely N-dealkylation sites (tertiary alicyclic amines) is 1. The molecule has 162 valence electrons. The summed E-state index contributed by atoms with van der Waals surface area (Å²) < 4.78 is 5.53. The molecule has 0 aromatic carbocycles. The third kappa shape index (κ3) is 5.32. The van der Waals surface area contributed by atoms with Gasteiger partial charge in [0.25, 0.3) is 0 Å². The quantitative estimate of drug-likeness (QED) is 0.835. The SMILES string of the molecule is CCC1CN(c2ncc(N)cc2C)CCN1C1CCN(C(=O)OC(C)(C)C)CC1. The Balaban J connectivity index is 1.58. The van der Waals surface area contributed by atoms with E-state index in [2.05, 4.69) is 28.6 Å². The van der Waals surface area contributed by atoms with Gasteiger partial charge in [0, 0.05) is 44.8 Å². The van der Waals surface area contributed by atoms with Crippen molar-refractivity contribution in [1.29, 1.82) is 0 Å². The molecule has 0 aliphatic carbocycles. The number of amides is 1. The monoisotopic (exact) mass is 403 g/mol. The summed E-state index contributed by atoms with van der Waals surface area (Å²) in [5.41, 5.74) is 7.29. The molecule has 2 aliphatic rings. The molecule has 0 saturated carbocycles. The van der Waals surface area contributed by atoms with Crippen molar-refractivity contribution in [2.45, 2.75) is 71.6 Å². The van der Waals surface area contributed by atoms with Gasteiger partial charge < -0.3 is 20.3 Å². The highest BCUT2D eigenvalue weighted by Crippen LogP contribution is 2.27. The van der Waals surface area contributed by atoms with E-state index < -0.39 is 5.60 Å². The molecule has 0 bridgehead atoms. The maximum Gasteiger partial charge on any atom is 0.410 e. The van der Waals surface area contributed by atoms with Gasteiger partial charge >= 0.3 is 6.09 Å². The third-order valence-electron chi connectivity index (χ3n) is 5.96. The number of aryl methyl sites for hydroxylation is 1. The number of aromatic nitrogens is 1. The molecule has 3 heterocycles. The van der Waals surface area contributed by atoms with Crippen molar-refractivity contribution in [2.75, 3.05) is 43.4 Å². The number of hydrogen-bond donors (Lipinski definition) is 1. The van der Waals surface area contributed by atoms with Gasteiger partial charge in [-0.15, -0.1) is 0 Å². The van der Waals surface area contributed by atoms with E-state index in [1.807, 2.05) is 31.7 Å². The number of ether oxygens (including phenoxy) is 1. The van der Waals surface area contributed by atoms with Gasteiger partial charge in [0.15, 0.2) is 0 Å². The van der Waals surface area contributed by atoms with Crippen LogP contribution in [0.1, 0.15) is 52.5 Å². The first-order valence-corrected chi connectivity index (χ1v) is 10.9. The van der Waals surface area contributed by atoms with Crippen molar-refractivity contribution in [2.24, 2.45) is 0 Å². The van der Waals surface area contributed by atoms with Crippen LogP contribution >= 0.6 is 0 Å². The molecular formula is C22H37N5O2. The number of anilines is 2. The minimum Gasteiger partial charge on any atom is -0.444 e. The molecule has 0 radical (unpaired) electrons. The van der Waals surface area contributed by atoms with E-state index in [0.717, 1.165) is 63.4 Å². The maximum absolute atomic E-state index is 12.3. The highest BCUT2D eigenvalue weighted by Gasteiger charge is 2.35. The Bertz CT molecular complexity index is 710. The van der Waals surface area contributed by atoms with Gasteiger partial charge in [-0.25, -0.2) is 9.78 Å². The molecule has 3 rings (SSSR count). The second kappa shape index (κ2) is 8.78. The van der Waals surface area contributed by atoms with E-state index in [4.69, 9.17) is 10.5 Å². The summed E-state index contributed by atoms with van der Waals surface area (Å²) in [5.74, 6) is 1.05. The summed E-state index contributed by atoms with van der Waals surface area (Å²) in [6.07, 6.45) is 4.69. The molecule has 0 spiro atoms. The molecule has 1 aromatic heterocycles. The zero-order valence-electron chi connectivity index (χ0n) is 18.6. The minimum absolute atomic E-state index is 0.183. The van der Waals surface area contributed by atoms with Crippen LogP contribution in [-0.2, 0) is 4.74 Å². The number of nitrogens with zero attached hydrogens (tertiary/aromatic N) is 4. The van der Waals surface area contributed by atoms with E-state index in [0.29, 0.717) is 17.8 Å². The number of nitrogen functional groups attached to an aromatic ring is 1. The van der Waals surface area contributed by atoms with Gasteiger partial charge in [0.1, 0.15) is 11.4 Å². The zero-order valence-corrected chi connectivity index (χ0v) is 18.6. The topological polar surface area (TPSA) is 74.9 Å². The number of hydrogen-bond acceptors (Lipinski definition) is 6. The first-order valence-electron chi connectivity index (χ1n) is 10.9. The summed E-state index contributed by atoms with van der Waals surface area (Å²) in [5, 5.41) is 0. The Kier molecular flexibility index (Phi) is 6.56. The first-order chi connectivity index (χ1) is 13.7. The van der Waals surface area contributed by atoms with Crippen LogP contribution in [0.2, 0.25) is 0 Å². The first kappa shape index (κ1) is 21.7. The van der Waals surface area contributed by atoms with E-state index in [1.54, 1.807) is 6.20 Å². The predicted molar refractivity (Wildman–Crippen MR) is 117 cm³/mol. The molecule has 1 atom stereocenters. The highest BCUT2D eigenvalue weighted by atomic mass is 16.6. The number of carbonyl (C=O) groups excluding carboxylic acids is 1. The predicted octanol–water partition coefficient (Wildman–Crippen LogP) is 3.27. The molecule has 2 fully saturated rings. The average Bonchev–Trinajstić information content (AvgIpc) is 2.66. The molecule has 1 unspecified atom stereocenters. The summed E-state index contributed by atoms with van der Waals surface area (Å²) in [4.78, 5) is 23.9. The highest BCUT2D eigenvalue weighted by molar-refractivity contribution is 5.68. The smallest absolute Gasteiger partial charge is 0.410 e. The van der Waals surface area contributed by atoms with Crippen molar-refractivity contribution >= 4 is 17.6 Å². The van der Waals surface area contributed by atoms with Crippen LogP contribution in [0.3, 0.4) is 0 Å². The fourth-order valence-electron chi connectivity index (χ4n) is 4.53. The lowest BCUT2D eigenvalue weighted by Gasteiger charge is -2.47. The Morgan fingerprint density at radius 3 is 2.52 bits per heavy atom. The Morgan fingerprint density at radius 1 is 1.24 bits per heavy atom.